The van der Waals surface area contributed by atoms with E-state index in [0.717, 1.165) is 29.8 Å². The molecule has 1 aromatic carbocycles. The molecule has 0 spiro atoms. The Morgan fingerprint density at radius 3 is 2.39 bits per heavy atom. The molecule has 0 aliphatic heterocycles. The second kappa shape index (κ2) is 9.67. The first-order valence-corrected chi connectivity index (χ1v) is 13.2. The maximum Gasteiger partial charge on any atom is 0.501 e. The zero-order valence-electron chi connectivity index (χ0n) is 19.8. The van der Waals surface area contributed by atoms with Crippen molar-refractivity contribution in [2.45, 2.75) is 42.1 Å². The molecular formula is C24H22F3N7O3S. The number of nitrogens with zero attached hydrogens (tertiary/aromatic N) is 5. The molecule has 1 saturated carbocycles. The summed E-state index contributed by atoms with van der Waals surface area (Å²) in [6.07, 6.45) is 7.42. The molecule has 38 heavy (non-hydrogen) atoms. The van der Waals surface area contributed by atoms with E-state index in [4.69, 9.17) is 5.73 Å². The summed E-state index contributed by atoms with van der Waals surface area (Å²) in [6.45, 7) is 0. The Labute approximate surface area is 215 Å². The van der Waals surface area contributed by atoms with Crippen molar-refractivity contribution >= 4 is 38.4 Å². The van der Waals surface area contributed by atoms with Crippen LogP contribution in [0.2, 0.25) is 0 Å². The van der Waals surface area contributed by atoms with Gasteiger partial charge in [-0.1, -0.05) is 0 Å². The van der Waals surface area contributed by atoms with Crippen LogP contribution < -0.4 is 11.1 Å². The summed E-state index contributed by atoms with van der Waals surface area (Å²) in [6, 6.07) is 7.59. The van der Waals surface area contributed by atoms with Crippen LogP contribution in [0.4, 0.5) is 24.7 Å². The lowest BCUT2D eigenvalue weighted by Gasteiger charge is -2.28. The average Bonchev–Trinajstić information content (AvgIpc) is 3.34. The van der Waals surface area contributed by atoms with Crippen LogP contribution in [0.3, 0.4) is 0 Å². The molecule has 0 saturated heterocycles. The molecule has 1 fully saturated rings. The minimum atomic E-state index is -5.45. The first-order valence-electron chi connectivity index (χ1n) is 11.7. The fraction of sp³-hybridized carbons (Fsp3) is 0.292. The van der Waals surface area contributed by atoms with Gasteiger partial charge in [-0.3, -0.25) is 9.78 Å². The summed E-state index contributed by atoms with van der Waals surface area (Å²) >= 11 is 0. The van der Waals surface area contributed by atoms with E-state index in [2.05, 4.69) is 25.3 Å². The van der Waals surface area contributed by atoms with Gasteiger partial charge in [0.05, 0.1) is 11.2 Å². The minimum Gasteiger partial charge on any atom is -0.382 e. The Morgan fingerprint density at radius 1 is 1.05 bits per heavy atom. The van der Waals surface area contributed by atoms with Crippen LogP contribution in [0.1, 0.15) is 31.7 Å². The van der Waals surface area contributed by atoms with Crippen molar-refractivity contribution < 1.29 is 26.4 Å². The Bertz CT molecular complexity index is 1580. The largest absolute Gasteiger partial charge is 0.501 e. The number of pyridine rings is 1. The summed E-state index contributed by atoms with van der Waals surface area (Å²) in [5, 5.41) is 2.66. The summed E-state index contributed by atoms with van der Waals surface area (Å²) in [5.41, 5.74) is 2.77. The summed E-state index contributed by atoms with van der Waals surface area (Å²) < 4.78 is 63.2. The summed E-state index contributed by atoms with van der Waals surface area (Å²) in [5.74, 6) is 0.0998. The van der Waals surface area contributed by atoms with Crippen molar-refractivity contribution in [2.24, 2.45) is 5.92 Å². The van der Waals surface area contributed by atoms with Gasteiger partial charge in [-0.25, -0.2) is 23.4 Å². The van der Waals surface area contributed by atoms with E-state index in [1.807, 2.05) is 10.6 Å². The molecule has 3 aromatic heterocycles. The molecule has 5 rings (SSSR count). The van der Waals surface area contributed by atoms with Crippen molar-refractivity contribution in [3.8, 4) is 11.4 Å². The number of hydrogen-bond donors (Lipinski definition) is 2. The van der Waals surface area contributed by atoms with Crippen LogP contribution in [-0.2, 0) is 14.6 Å². The Balaban J connectivity index is 1.26. The Morgan fingerprint density at radius 2 is 1.76 bits per heavy atom. The predicted octanol–water partition coefficient (Wildman–Crippen LogP) is 4.13. The summed E-state index contributed by atoms with van der Waals surface area (Å²) in [7, 11) is -5.45. The first kappa shape index (κ1) is 25.6. The van der Waals surface area contributed by atoms with Gasteiger partial charge in [0, 0.05) is 35.6 Å². The van der Waals surface area contributed by atoms with Gasteiger partial charge in [-0.2, -0.15) is 13.2 Å². The normalized spacial score (nSPS) is 18.4. The number of carbonyl (C=O) groups excluding carboxylic acids is 1. The lowest BCUT2D eigenvalue weighted by molar-refractivity contribution is -0.121. The van der Waals surface area contributed by atoms with Crippen LogP contribution >= 0.6 is 0 Å². The van der Waals surface area contributed by atoms with Crippen LogP contribution in [0.25, 0.3) is 22.6 Å². The number of hydrogen-bond acceptors (Lipinski definition) is 8. The fourth-order valence-electron chi connectivity index (χ4n) is 4.54. The molecular weight excluding hydrogens is 523 g/mol. The highest BCUT2D eigenvalue weighted by atomic mass is 32.2. The minimum absolute atomic E-state index is 0.0342. The monoisotopic (exact) mass is 545 g/mol. The third-order valence-corrected chi connectivity index (χ3v) is 8.07. The fourth-order valence-corrected chi connectivity index (χ4v) is 5.30. The molecule has 4 aromatic rings. The van der Waals surface area contributed by atoms with E-state index in [0.29, 0.717) is 42.7 Å². The number of nitrogen functional groups attached to an aromatic ring is 1. The number of amides is 1. The second-order valence-corrected chi connectivity index (χ2v) is 10.9. The standard InChI is InChI=1S/C24H22F3N7O3S/c25-24(26,27)38(36,37)18-9-5-16(6-10-18)31-23(35)14-3-7-17(8-4-14)34-13-30-19-20(28)32-21(33-22(19)34)15-2-1-11-29-12-15/h1-2,5-6,9-14,17H,3-4,7-8H2,(H,31,35)(H2,28,32,33)/t14-,17+. The van der Waals surface area contributed by atoms with Gasteiger partial charge in [-0.05, 0) is 62.1 Å². The van der Waals surface area contributed by atoms with E-state index in [1.54, 1.807) is 24.8 Å². The molecule has 14 heteroatoms. The summed E-state index contributed by atoms with van der Waals surface area (Å²) in [4.78, 5) is 29.4. The highest BCUT2D eigenvalue weighted by molar-refractivity contribution is 7.92. The van der Waals surface area contributed by atoms with Crippen molar-refractivity contribution in [3.63, 3.8) is 0 Å². The SMILES string of the molecule is Nc1nc(-c2cccnc2)nc2c1ncn2[C@H]1CC[C@@H](C(=O)Nc2ccc(S(=O)(=O)C(F)(F)F)cc2)CC1. The van der Waals surface area contributed by atoms with Crippen molar-refractivity contribution in [2.75, 3.05) is 11.1 Å². The van der Waals surface area contributed by atoms with Gasteiger partial charge < -0.3 is 15.6 Å². The second-order valence-electron chi connectivity index (χ2n) is 8.97. The molecule has 10 nitrogen and oxygen atoms in total. The van der Waals surface area contributed by atoms with Crippen LogP contribution in [0, 0.1) is 5.92 Å². The number of rotatable bonds is 5. The molecule has 1 aliphatic carbocycles. The van der Waals surface area contributed by atoms with Crippen LogP contribution in [0.15, 0.2) is 60.0 Å². The number of imidazole rings is 1. The molecule has 0 unspecified atom stereocenters. The lowest BCUT2D eigenvalue weighted by Crippen LogP contribution is -2.28. The molecule has 0 radical (unpaired) electrons. The smallest absolute Gasteiger partial charge is 0.382 e. The number of nitrogens with one attached hydrogen (secondary N) is 1. The van der Waals surface area contributed by atoms with E-state index in [1.165, 1.54) is 0 Å². The number of anilines is 2. The zero-order chi connectivity index (χ0) is 27.1. The van der Waals surface area contributed by atoms with E-state index >= 15 is 0 Å². The predicted molar refractivity (Wildman–Crippen MR) is 132 cm³/mol. The Hall–Kier alpha value is -4.07. The number of halogens is 3. The third kappa shape index (κ3) is 4.78. The number of benzene rings is 1. The molecule has 1 amide bonds. The molecule has 198 valence electrons. The van der Waals surface area contributed by atoms with Gasteiger partial charge in [0.15, 0.2) is 17.3 Å². The van der Waals surface area contributed by atoms with Gasteiger partial charge in [0.2, 0.25) is 5.91 Å². The molecule has 0 atom stereocenters. The van der Waals surface area contributed by atoms with Crippen LogP contribution in [0.5, 0.6) is 0 Å². The van der Waals surface area contributed by atoms with Crippen molar-refractivity contribution in [1.29, 1.82) is 0 Å². The third-order valence-electron chi connectivity index (χ3n) is 6.57. The molecule has 1 aliphatic rings. The highest BCUT2D eigenvalue weighted by Crippen LogP contribution is 2.36. The van der Waals surface area contributed by atoms with Gasteiger partial charge in [0.1, 0.15) is 5.52 Å². The molecule has 3 N–H and O–H groups in total. The average molecular weight is 546 g/mol. The number of aromatic nitrogens is 5. The zero-order valence-corrected chi connectivity index (χ0v) is 20.6. The molecule has 0 bridgehead atoms. The number of alkyl halides is 3. The molecule has 3 heterocycles. The maximum atomic E-state index is 12.8. The topological polar surface area (TPSA) is 146 Å². The highest BCUT2D eigenvalue weighted by Gasteiger charge is 2.46. The van der Waals surface area contributed by atoms with Crippen molar-refractivity contribution in [3.05, 3.63) is 55.1 Å². The lowest BCUT2D eigenvalue weighted by atomic mass is 9.85. The van der Waals surface area contributed by atoms with Crippen LogP contribution in [-0.4, -0.2) is 44.3 Å². The van der Waals surface area contributed by atoms with Gasteiger partial charge in [-0.15, -0.1) is 0 Å². The quantitative estimate of drug-likeness (QED) is 0.381. The number of fused-ring (bicyclic) bond motifs is 1. The number of nitrogens with two attached hydrogens (primary N) is 1. The first-order chi connectivity index (χ1) is 18.0. The van der Waals surface area contributed by atoms with E-state index < -0.39 is 20.2 Å². The van der Waals surface area contributed by atoms with Gasteiger partial charge >= 0.3 is 5.51 Å². The van der Waals surface area contributed by atoms with Crippen molar-refractivity contribution in [1.82, 2.24) is 24.5 Å². The maximum absolute atomic E-state index is 12.8. The van der Waals surface area contributed by atoms with E-state index in [9.17, 15) is 26.4 Å². The number of sulfone groups is 1. The Kier molecular flexibility index (Phi) is 6.51. The van der Waals surface area contributed by atoms with E-state index in [-0.39, 0.29) is 29.4 Å². The number of carbonyl (C=O) groups is 1. The van der Waals surface area contributed by atoms with Gasteiger partial charge in [0.25, 0.3) is 9.84 Å².